The number of imidazole rings is 1. The topological polar surface area (TPSA) is 59.0 Å². The minimum absolute atomic E-state index is 0.301. The van der Waals surface area contributed by atoms with Crippen molar-refractivity contribution in [2.75, 3.05) is 10.6 Å². The normalized spacial score (nSPS) is 10.7. The van der Waals surface area contributed by atoms with E-state index in [1.807, 2.05) is 67.9 Å². The van der Waals surface area contributed by atoms with Crippen LogP contribution in [0.25, 0.3) is 11.0 Å². The van der Waals surface area contributed by atoms with Gasteiger partial charge in [0.15, 0.2) is 0 Å². The Hall–Kier alpha value is -2.82. The van der Waals surface area contributed by atoms with Crippen LogP contribution >= 0.6 is 0 Å². The number of fused-ring (bicyclic) bond motifs is 1. The Morgan fingerprint density at radius 3 is 2.59 bits per heavy atom. The van der Waals surface area contributed by atoms with Crippen LogP contribution in [0.4, 0.5) is 16.4 Å². The predicted octanol–water partition coefficient (Wildman–Crippen LogP) is 3.83. The van der Waals surface area contributed by atoms with E-state index in [1.165, 1.54) is 5.56 Å². The van der Waals surface area contributed by atoms with Gasteiger partial charge < -0.3 is 9.88 Å². The molecule has 112 valence electrons. The van der Waals surface area contributed by atoms with Crippen LogP contribution in [0.2, 0.25) is 0 Å². The number of aromatic nitrogens is 2. The highest BCUT2D eigenvalue weighted by atomic mass is 16.2. The first-order valence-electron chi connectivity index (χ1n) is 7.11. The van der Waals surface area contributed by atoms with Crippen molar-refractivity contribution in [1.29, 1.82) is 0 Å². The molecular weight excluding hydrogens is 276 g/mol. The lowest BCUT2D eigenvalue weighted by Gasteiger charge is -2.10. The molecule has 1 aromatic heterocycles. The highest BCUT2D eigenvalue weighted by molar-refractivity contribution is 6.00. The molecular formula is C17H18N4O. The van der Waals surface area contributed by atoms with Crippen molar-refractivity contribution in [2.24, 2.45) is 7.05 Å². The number of urea groups is 1. The molecule has 1 heterocycles. The summed E-state index contributed by atoms with van der Waals surface area (Å²) in [5.74, 6) is 0.517. The van der Waals surface area contributed by atoms with Gasteiger partial charge in [0, 0.05) is 12.7 Å². The Morgan fingerprint density at radius 1 is 1.09 bits per heavy atom. The summed E-state index contributed by atoms with van der Waals surface area (Å²) in [6, 6.07) is 13.4. The van der Waals surface area contributed by atoms with Gasteiger partial charge in [-0.3, -0.25) is 5.32 Å². The number of nitrogens with zero attached hydrogens (tertiary/aromatic N) is 2. The van der Waals surface area contributed by atoms with E-state index in [0.29, 0.717) is 5.95 Å². The minimum Gasteiger partial charge on any atom is -0.313 e. The number of hydrogen-bond acceptors (Lipinski definition) is 2. The third kappa shape index (κ3) is 2.65. The molecule has 0 bridgehead atoms. The van der Waals surface area contributed by atoms with Crippen LogP contribution in [0.3, 0.4) is 0 Å². The molecule has 5 nitrogen and oxygen atoms in total. The van der Waals surface area contributed by atoms with E-state index in [-0.39, 0.29) is 6.03 Å². The van der Waals surface area contributed by atoms with Crippen LogP contribution in [0.5, 0.6) is 0 Å². The highest BCUT2D eigenvalue weighted by Crippen LogP contribution is 2.19. The van der Waals surface area contributed by atoms with Gasteiger partial charge in [0.2, 0.25) is 5.95 Å². The molecule has 0 spiro atoms. The molecule has 0 saturated heterocycles. The van der Waals surface area contributed by atoms with Gasteiger partial charge in [0.1, 0.15) is 0 Å². The smallest absolute Gasteiger partial charge is 0.313 e. The zero-order valence-electron chi connectivity index (χ0n) is 12.8. The predicted molar refractivity (Wildman–Crippen MR) is 89.3 cm³/mol. The fourth-order valence-electron chi connectivity index (χ4n) is 2.47. The first-order chi connectivity index (χ1) is 10.5. The van der Waals surface area contributed by atoms with Crippen molar-refractivity contribution in [3.8, 4) is 0 Å². The van der Waals surface area contributed by atoms with Crippen LogP contribution in [-0.2, 0) is 7.05 Å². The van der Waals surface area contributed by atoms with Gasteiger partial charge in [0.25, 0.3) is 0 Å². The second kappa shape index (κ2) is 5.52. The van der Waals surface area contributed by atoms with Gasteiger partial charge >= 0.3 is 6.03 Å². The maximum absolute atomic E-state index is 12.2. The van der Waals surface area contributed by atoms with E-state index in [1.54, 1.807) is 0 Å². The van der Waals surface area contributed by atoms with E-state index >= 15 is 0 Å². The molecule has 2 amide bonds. The molecule has 0 fully saturated rings. The number of benzene rings is 2. The Balaban J connectivity index is 1.79. The Bertz CT molecular complexity index is 851. The number of hydrogen-bond donors (Lipinski definition) is 2. The number of carbonyl (C=O) groups excluding carboxylic acids is 1. The summed E-state index contributed by atoms with van der Waals surface area (Å²) in [6.07, 6.45) is 0. The summed E-state index contributed by atoms with van der Waals surface area (Å²) < 4.78 is 1.86. The lowest BCUT2D eigenvalue weighted by molar-refractivity contribution is 0.262. The highest BCUT2D eigenvalue weighted by Gasteiger charge is 2.11. The number of rotatable bonds is 2. The Kier molecular flexibility index (Phi) is 3.55. The quantitative estimate of drug-likeness (QED) is 0.754. The SMILES string of the molecule is Cc1ccc(NC(=O)Nc2nc3ccccc3n2C)c(C)c1. The van der Waals surface area contributed by atoms with Crippen molar-refractivity contribution >= 4 is 28.7 Å². The molecule has 2 aromatic carbocycles. The van der Waals surface area contributed by atoms with Gasteiger partial charge in [-0.1, -0.05) is 29.8 Å². The van der Waals surface area contributed by atoms with Gasteiger partial charge in [-0.2, -0.15) is 0 Å². The molecule has 3 aromatic rings. The second-order valence-electron chi connectivity index (χ2n) is 5.38. The van der Waals surface area contributed by atoms with Crippen LogP contribution in [0.1, 0.15) is 11.1 Å². The van der Waals surface area contributed by atoms with E-state index in [2.05, 4.69) is 15.6 Å². The summed E-state index contributed by atoms with van der Waals surface area (Å²) >= 11 is 0. The molecule has 0 unspecified atom stereocenters. The van der Waals surface area contributed by atoms with Gasteiger partial charge in [-0.25, -0.2) is 9.78 Å². The fourth-order valence-corrected chi connectivity index (χ4v) is 2.47. The maximum atomic E-state index is 12.2. The zero-order chi connectivity index (χ0) is 15.7. The number of nitrogens with one attached hydrogen (secondary N) is 2. The summed E-state index contributed by atoms with van der Waals surface area (Å²) in [4.78, 5) is 16.6. The molecule has 0 aliphatic rings. The zero-order valence-corrected chi connectivity index (χ0v) is 12.8. The lowest BCUT2D eigenvalue weighted by atomic mass is 10.1. The van der Waals surface area contributed by atoms with E-state index in [4.69, 9.17) is 0 Å². The van der Waals surface area contributed by atoms with Gasteiger partial charge in [-0.15, -0.1) is 0 Å². The number of aryl methyl sites for hydroxylation is 3. The second-order valence-corrected chi connectivity index (χ2v) is 5.38. The minimum atomic E-state index is -0.301. The molecule has 0 saturated carbocycles. The molecule has 0 radical (unpaired) electrons. The first kappa shape index (κ1) is 14.1. The first-order valence-corrected chi connectivity index (χ1v) is 7.11. The summed E-state index contributed by atoms with van der Waals surface area (Å²) in [7, 11) is 1.88. The van der Waals surface area contributed by atoms with Gasteiger partial charge in [-0.05, 0) is 37.6 Å². The molecule has 5 heteroatoms. The van der Waals surface area contributed by atoms with E-state index < -0.39 is 0 Å². The van der Waals surface area contributed by atoms with E-state index in [9.17, 15) is 4.79 Å². The van der Waals surface area contributed by atoms with Crippen molar-refractivity contribution in [1.82, 2.24) is 9.55 Å². The average molecular weight is 294 g/mol. The molecule has 2 N–H and O–H groups in total. The number of para-hydroxylation sites is 2. The Labute approximate surface area is 129 Å². The standard InChI is InChI=1S/C17H18N4O/c1-11-8-9-13(12(2)10-11)19-17(22)20-16-18-14-6-4-5-7-15(14)21(16)3/h4-10H,1-3H3,(H2,18,19,20,22). The molecule has 0 aliphatic heterocycles. The number of anilines is 2. The molecule has 3 rings (SSSR count). The number of carbonyl (C=O) groups is 1. The summed E-state index contributed by atoms with van der Waals surface area (Å²) in [5, 5.41) is 5.65. The summed E-state index contributed by atoms with van der Waals surface area (Å²) in [5.41, 5.74) is 4.82. The molecule has 0 aliphatic carbocycles. The monoisotopic (exact) mass is 294 g/mol. The third-order valence-electron chi connectivity index (χ3n) is 3.64. The van der Waals surface area contributed by atoms with Gasteiger partial charge in [0.05, 0.1) is 11.0 Å². The van der Waals surface area contributed by atoms with Crippen molar-refractivity contribution in [3.63, 3.8) is 0 Å². The number of amides is 2. The third-order valence-corrected chi connectivity index (χ3v) is 3.64. The van der Waals surface area contributed by atoms with Crippen molar-refractivity contribution in [2.45, 2.75) is 13.8 Å². The molecule has 22 heavy (non-hydrogen) atoms. The van der Waals surface area contributed by atoms with Crippen molar-refractivity contribution < 1.29 is 4.79 Å². The van der Waals surface area contributed by atoms with Crippen LogP contribution < -0.4 is 10.6 Å². The van der Waals surface area contributed by atoms with Crippen molar-refractivity contribution in [3.05, 3.63) is 53.6 Å². The van der Waals surface area contributed by atoms with Crippen LogP contribution in [0.15, 0.2) is 42.5 Å². The Morgan fingerprint density at radius 2 is 1.86 bits per heavy atom. The summed E-state index contributed by atoms with van der Waals surface area (Å²) in [6.45, 7) is 3.99. The largest absolute Gasteiger partial charge is 0.326 e. The molecule has 0 atom stereocenters. The maximum Gasteiger partial charge on any atom is 0.326 e. The van der Waals surface area contributed by atoms with Crippen LogP contribution in [-0.4, -0.2) is 15.6 Å². The average Bonchev–Trinajstić information content (AvgIpc) is 2.79. The van der Waals surface area contributed by atoms with E-state index in [0.717, 1.165) is 22.3 Å². The lowest BCUT2D eigenvalue weighted by Crippen LogP contribution is -2.21. The fraction of sp³-hybridized carbons (Fsp3) is 0.176. The van der Waals surface area contributed by atoms with Crippen LogP contribution in [0, 0.1) is 13.8 Å².